The first kappa shape index (κ1) is 20.6. The Kier molecular flexibility index (Phi) is 8.34. The molecule has 0 bridgehead atoms. The van der Waals surface area contributed by atoms with E-state index in [9.17, 15) is 19.2 Å². The zero-order chi connectivity index (χ0) is 17.4. The molecule has 6 heteroatoms. The van der Waals surface area contributed by atoms with Crippen LogP contribution in [0.3, 0.4) is 0 Å². The summed E-state index contributed by atoms with van der Waals surface area (Å²) < 4.78 is 10.9. The number of ether oxygens (including phenoxy) is 2. The lowest BCUT2D eigenvalue weighted by Crippen LogP contribution is -2.47. The fourth-order valence-corrected chi connectivity index (χ4v) is 2.49. The van der Waals surface area contributed by atoms with E-state index in [-0.39, 0.29) is 18.9 Å². The number of aldehydes is 4. The Morgan fingerprint density at radius 2 is 1.59 bits per heavy atom. The summed E-state index contributed by atoms with van der Waals surface area (Å²) in [6, 6.07) is 0. The molecule has 0 aromatic carbocycles. The van der Waals surface area contributed by atoms with Crippen LogP contribution in [-0.2, 0) is 28.7 Å². The lowest BCUT2D eigenvalue weighted by molar-refractivity contribution is -0.155. The molecule has 0 aromatic heterocycles. The first-order valence-electron chi connectivity index (χ1n) is 7.22. The Bertz CT molecular complexity index is 396. The molecule has 0 radical (unpaired) electrons. The highest BCUT2D eigenvalue weighted by Crippen LogP contribution is 2.30. The van der Waals surface area contributed by atoms with Gasteiger partial charge >= 0.3 is 0 Å². The van der Waals surface area contributed by atoms with Crippen LogP contribution >= 0.6 is 0 Å². The molecule has 0 saturated heterocycles. The summed E-state index contributed by atoms with van der Waals surface area (Å²) in [4.78, 5) is 44.5. The van der Waals surface area contributed by atoms with Gasteiger partial charge in [0.25, 0.3) is 0 Å². The van der Waals surface area contributed by atoms with Gasteiger partial charge in [0, 0.05) is 18.9 Å². The maximum atomic E-state index is 11.5. The number of carbonyl (C=O) groups is 4. The molecule has 5 atom stereocenters. The van der Waals surface area contributed by atoms with Crippen LogP contribution in [0, 0.1) is 17.3 Å². The third kappa shape index (κ3) is 5.42. The molecule has 0 amide bonds. The van der Waals surface area contributed by atoms with Gasteiger partial charge in [0.1, 0.15) is 24.5 Å². The molecule has 0 aromatic rings. The zero-order valence-corrected chi connectivity index (χ0v) is 13.9. The van der Waals surface area contributed by atoms with Crippen molar-refractivity contribution in [2.45, 2.75) is 45.8 Å². The van der Waals surface area contributed by atoms with Gasteiger partial charge in [0.05, 0.1) is 18.1 Å². The van der Waals surface area contributed by atoms with E-state index in [2.05, 4.69) is 0 Å². The van der Waals surface area contributed by atoms with E-state index in [0.29, 0.717) is 18.9 Å². The quantitative estimate of drug-likeness (QED) is 0.504. The molecule has 0 spiro atoms. The Balaban J connectivity index is 5.12. The second kappa shape index (κ2) is 8.90. The minimum absolute atomic E-state index is 0.0893. The van der Waals surface area contributed by atoms with Gasteiger partial charge in [-0.25, -0.2) is 0 Å². The van der Waals surface area contributed by atoms with E-state index in [4.69, 9.17) is 9.47 Å². The van der Waals surface area contributed by atoms with Crippen LogP contribution in [0.25, 0.3) is 0 Å². The summed E-state index contributed by atoms with van der Waals surface area (Å²) in [5.74, 6) is -0.843. The molecule has 5 unspecified atom stereocenters. The second-order valence-electron chi connectivity index (χ2n) is 6.31. The minimum atomic E-state index is -1.17. The van der Waals surface area contributed by atoms with Gasteiger partial charge in [-0.2, -0.15) is 0 Å². The van der Waals surface area contributed by atoms with Crippen molar-refractivity contribution in [2.75, 3.05) is 13.7 Å². The Labute approximate surface area is 131 Å². The van der Waals surface area contributed by atoms with Gasteiger partial charge in [0.15, 0.2) is 6.29 Å². The zero-order valence-electron chi connectivity index (χ0n) is 13.9. The van der Waals surface area contributed by atoms with E-state index < -0.39 is 23.0 Å². The van der Waals surface area contributed by atoms with Crippen molar-refractivity contribution in [2.24, 2.45) is 17.3 Å². The number of methoxy groups -OCH3 is 1. The highest BCUT2D eigenvalue weighted by molar-refractivity contribution is 5.65. The molecule has 126 valence electrons. The molecule has 0 saturated carbocycles. The number of hydrogen-bond donors (Lipinski definition) is 0. The predicted molar refractivity (Wildman–Crippen MR) is 80.5 cm³/mol. The summed E-state index contributed by atoms with van der Waals surface area (Å²) >= 11 is 0. The molecular weight excluding hydrogens is 288 g/mol. The van der Waals surface area contributed by atoms with Crippen LogP contribution in [0.2, 0.25) is 0 Å². The van der Waals surface area contributed by atoms with Crippen LogP contribution < -0.4 is 0 Å². The van der Waals surface area contributed by atoms with E-state index in [1.807, 2.05) is 0 Å². The number of hydrogen-bond acceptors (Lipinski definition) is 6. The summed E-state index contributed by atoms with van der Waals surface area (Å²) in [6.45, 7) is 6.42. The number of rotatable bonds is 12. The van der Waals surface area contributed by atoms with Gasteiger partial charge in [-0.1, -0.05) is 13.8 Å². The molecule has 0 aliphatic carbocycles. The molecule has 22 heavy (non-hydrogen) atoms. The topological polar surface area (TPSA) is 86.7 Å². The first-order valence-corrected chi connectivity index (χ1v) is 7.22. The Morgan fingerprint density at radius 3 is 1.95 bits per heavy atom. The van der Waals surface area contributed by atoms with Crippen molar-refractivity contribution in [3.63, 3.8) is 0 Å². The van der Waals surface area contributed by atoms with Crippen molar-refractivity contribution >= 4 is 25.1 Å². The SMILES string of the molecule is COC(C(C)C=O)C(C)(C=O)COC(C)(C=O)CC(C)C=O. The predicted octanol–water partition coefficient (Wildman–Crippen LogP) is 1.24. The van der Waals surface area contributed by atoms with Crippen LogP contribution in [0.15, 0.2) is 0 Å². The van der Waals surface area contributed by atoms with Gasteiger partial charge in [-0.15, -0.1) is 0 Å². The summed E-state index contributed by atoms with van der Waals surface area (Å²) in [5.41, 5.74) is -2.25. The van der Waals surface area contributed by atoms with E-state index in [0.717, 1.165) is 6.29 Å². The van der Waals surface area contributed by atoms with Crippen LogP contribution in [0.4, 0.5) is 0 Å². The van der Waals surface area contributed by atoms with Gasteiger partial charge in [0.2, 0.25) is 0 Å². The molecule has 0 aliphatic heterocycles. The van der Waals surface area contributed by atoms with Gasteiger partial charge in [-0.3, -0.25) is 0 Å². The maximum absolute atomic E-state index is 11.5. The number of carbonyl (C=O) groups excluding carboxylic acids is 4. The smallest absolute Gasteiger partial charge is 0.151 e. The van der Waals surface area contributed by atoms with Crippen molar-refractivity contribution in [1.29, 1.82) is 0 Å². The highest BCUT2D eigenvalue weighted by atomic mass is 16.5. The molecule has 0 N–H and O–H groups in total. The Hall–Kier alpha value is -1.40. The normalized spacial score (nSPS) is 20.8. The summed E-state index contributed by atoms with van der Waals surface area (Å²) in [5, 5.41) is 0. The van der Waals surface area contributed by atoms with Crippen molar-refractivity contribution in [3.05, 3.63) is 0 Å². The van der Waals surface area contributed by atoms with Crippen molar-refractivity contribution in [1.82, 2.24) is 0 Å². The molecule has 0 aliphatic rings. The molecule has 0 heterocycles. The molecule has 6 nitrogen and oxygen atoms in total. The van der Waals surface area contributed by atoms with E-state index in [1.165, 1.54) is 7.11 Å². The first-order chi connectivity index (χ1) is 10.2. The average molecular weight is 314 g/mol. The highest BCUT2D eigenvalue weighted by Gasteiger charge is 2.40. The second-order valence-corrected chi connectivity index (χ2v) is 6.31. The van der Waals surface area contributed by atoms with Crippen molar-refractivity contribution in [3.8, 4) is 0 Å². The van der Waals surface area contributed by atoms with Crippen molar-refractivity contribution < 1.29 is 28.7 Å². The standard InChI is InChI=1S/C16H26O6/c1-12(7-17)6-16(4,10-20)22-11-15(3,9-19)14(21-5)13(2)8-18/h7-10,12-14H,6,11H2,1-5H3. The van der Waals surface area contributed by atoms with Crippen LogP contribution in [-0.4, -0.2) is 50.6 Å². The lowest BCUT2D eigenvalue weighted by atomic mass is 9.80. The fraction of sp³-hybridized carbons (Fsp3) is 0.750. The summed E-state index contributed by atoms with van der Waals surface area (Å²) in [7, 11) is 1.42. The van der Waals surface area contributed by atoms with Gasteiger partial charge < -0.3 is 28.7 Å². The lowest BCUT2D eigenvalue weighted by Gasteiger charge is -2.36. The third-order valence-corrected chi connectivity index (χ3v) is 3.79. The maximum Gasteiger partial charge on any atom is 0.151 e. The minimum Gasteiger partial charge on any atom is -0.380 e. The van der Waals surface area contributed by atoms with Crippen LogP contribution in [0.1, 0.15) is 34.1 Å². The molecular formula is C16H26O6. The van der Waals surface area contributed by atoms with E-state index >= 15 is 0 Å². The molecule has 0 fully saturated rings. The third-order valence-electron chi connectivity index (χ3n) is 3.79. The summed E-state index contributed by atoms with van der Waals surface area (Å²) in [6.07, 6.45) is 2.32. The van der Waals surface area contributed by atoms with E-state index in [1.54, 1.807) is 27.7 Å². The fourth-order valence-electron chi connectivity index (χ4n) is 2.49. The largest absolute Gasteiger partial charge is 0.380 e. The van der Waals surface area contributed by atoms with Gasteiger partial charge in [-0.05, 0) is 20.3 Å². The van der Waals surface area contributed by atoms with Crippen LogP contribution in [0.5, 0.6) is 0 Å². The Morgan fingerprint density at radius 1 is 1.00 bits per heavy atom. The average Bonchev–Trinajstić information content (AvgIpc) is 2.53. The molecule has 0 rings (SSSR count). The monoisotopic (exact) mass is 314 g/mol.